The van der Waals surface area contributed by atoms with Gasteiger partial charge in [-0.05, 0) is 69.6 Å². The number of nitrogens with zero attached hydrogens (tertiary/aromatic N) is 2. The Balaban J connectivity index is 1.63. The van der Waals surface area contributed by atoms with Gasteiger partial charge in [0.2, 0.25) is 5.91 Å². The van der Waals surface area contributed by atoms with Crippen molar-refractivity contribution in [3.05, 3.63) is 35.4 Å². The minimum Gasteiger partial charge on any atom is -0.465 e. The summed E-state index contributed by atoms with van der Waals surface area (Å²) < 4.78 is 38.4. The van der Waals surface area contributed by atoms with Gasteiger partial charge >= 0.3 is 12.3 Å². The van der Waals surface area contributed by atoms with Crippen LogP contribution in [-0.2, 0) is 17.5 Å². The zero-order valence-electron chi connectivity index (χ0n) is 20.4. The first-order valence-corrected chi connectivity index (χ1v) is 12.0. The molecule has 4 atom stereocenters. The summed E-state index contributed by atoms with van der Waals surface area (Å²) in [6.45, 7) is 9.48. The summed E-state index contributed by atoms with van der Waals surface area (Å²) in [5.74, 6) is 0.433. The fraction of sp³-hybridized carbons (Fsp3) is 0.680. The standard InChI is InChI=1S/C25H36F3N3O3/c1-5-6-21(31(23(33)34)24(2,3)4)22(32)29-20-12-9-17-14-30(15-19(17)20)13-16-7-10-18(11-8-16)25(26,27)28/h7-8,10-11,17,19-21H,5-6,9,12-15H2,1-4H3,(H,29,32)(H,33,34)/t17-,19+,20+,21+/m1/s1. The zero-order valence-corrected chi connectivity index (χ0v) is 20.4. The molecule has 0 spiro atoms. The average Bonchev–Trinajstić information content (AvgIpc) is 3.27. The molecule has 3 rings (SSSR count). The van der Waals surface area contributed by atoms with Crippen LogP contribution in [0.25, 0.3) is 0 Å². The van der Waals surface area contributed by atoms with Gasteiger partial charge in [0.25, 0.3) is 0 Å². The number of nitrogens with one attached hydrogen (secondary N) is 1. The minimum atomic E-state index is -4.34. The van der Waals surface area contributed by atoms with Crippen molar-refractivity contribution in [1.82, 2.24) is 15.1 Å². The van der Waals surface area contributed by atoms with E-state index < -0.39 is 29.4 Å². The van der Waals surface area contributed by atoms with Gasteiger partial charge in [-0.1, -0.05) is 25.5 Å². The molecule has 6 nitrogen and oxygen atoms in total. The molecule has 0 bridgehead atoms. The van der Waals surface area contributed by atoms with Crippen molar-refractivity contribution in [3.8, 4) is 0 Å². The van der Waals surface area contributed by atoms with Gasteiger partial charge in [-0.15, -0.1) is 0 Å². The van der Waals surface area contributed by atoms with Crippen molar-refractivity contribution < 1.29 is 27.9 Å². The van der Waals surface area contributed by atoms with Crippen LogP contribution in [0.5, 0.6) is 0 Å². The first kappa shape index (κ1) is 26.3. The number of rotatable bonds is 7. The first-order chi connectivity index (χ1) is 15.8. The van der Waals surface area contributed by atoms with Gasteiger partial charge in [-0.2, -0.15) is 13.2 Å². The highest BCUT2D eigenvalue weighted by Crippen LogP contribution is 2.39. The Kier molecular flexibility index (Phi) is 7.85. The van der Waals surface area contributed by atoms with Crippen molar-refractivity contribution in [2.45, 2.75) is 83.7 Å². The Morgan fingerprint density at radius 2 is 1.79 bits per heavy atom. The molecule has 9 heteroatoms. The number of amides is 2. The molecule has 1 saturated carbocycles. The van der Waals surface area contributed by atoms with Gasteiger partial charge in [0.15, 0.2) is 0 Å². The molecule has 0 unspecified atom stereocenters. The number of carbonyl (C=O) groups is 2. The van der Waals surface area contributed by atoms with Gasteiger partial charge in [-0.3, -0.25) is 14.6 Å². The van der Waals surface area contributed by atoms with Crippen LogP contribution in [0.4, 0.5) is 18.0 Å². The Hall–Kier alpha value is -2.29. The van der Waals surface area contributed by atoms with Crippen LogP contribution < -0.4 is 5.32 Å². The number of likely N-dealkylation sites (tertiary alicyclic amines) is 1. The Labute approximate surface area is 199 Å². The summed E-state index contributed by atoms with van der Waals surface area (Å²) >= 11 is 0. The molecule has 2 N–H and O–H groups in total. The molecular formula is C25H36F3N3O3. The second-order valence-electron chi connectivity index (χ2n) is 10.6. The predicted octanol–water partition coefficient (Wildman–Crippen LogP) is 4.98. The third kappa shape index (κ3) is 6.03. The van der Waals surface area contributed by atoms with E-state index in [1.807, 2.05) is 6.92 Å². The van der Waals surface area contributed by atoms with E-state index in [-0.39, 0.29) is 17.9 Å². The number of carboxylic acid groups (broad SMARTS) is 1. The molecule has 1 heterocycles. The van der Waals surface area contributed by atoms with Crippen LogP contribution in [0, 0.1) is 11.8 Å². The highest BCUT2D eigenvalue weighted by molar-refractivity contribution is 5.86. The highest BCUT2D eigenvalue weighted by Gasteiger charge is 2.45. The molecule has 190 valence electrons. The molecule has 1 aromatic rings. The maximum atomic E-state index is 13.2. The number of fused-ring (bicyclic) bond motifs is 1. The maximum absolute atomic E-state index is 13.2. The molecule has 0 aromatic heterocycles. The van der Waals surface area contributed by atoms with Crippen molar-refractivity contribution in [2.75, 3.05) is 13.1 Å². The summed E-state index contributed by atoms with van der Waals surface area (Å²) in [5, 5.41) is 12.9. The Morgan fingerprint density at radius 1 is 1.15 bits per heavy atom. The topological polar surface area (TPSA) is 72.9 Å². The molecule has 1 aliphatic carbocycles. The minimum absolute atomic E-state index is 0.0231. The van der Waals surface area contributed by atoms with Crippen LogP contribution in [0.15, 0.2) is 24.3 Å². The lowest BCUT2D eigenvalue weighted by molar-refractivity contribution is -0.137. The molecule has 1 saturated heterocycles. The molecule has 2 aliphatic rings. The lowest BCUT2D eigenvalue weighted by Gasteiger charge is -2.39. The zero-order chi connectivity index (χ0) is 25.3. The lowest BCUT2D eigenvalue weighted by Crippen LogP contribution is -2.58. The SMILES string of the molecule is CCC[C@@H](C(=O)N[C@H]1CC[C@@H]2CN(Cc3ccc(C(F)(F)F)cc3)C[C@@H]21)N(C(=O)O)C(C)(C)C. The highest BCUT2D eigenvalue weighted by atomic mass is 19.4. The van der Waals surface area contributed by atoms with Crippen molar-refractivity contribution >= 4 is 12.0 Å². The van der Waals surface area contributed by atoms with Crippen LogP contribution >= 0.6 is 0 Å². The van der Waals surface area contributed by atoms with E-state index >= 15 is 0 Å². The van der Waals surface area contributed by atoms with Crippen LogP contribution in [0.1, 0.15) is 64.5 Å². The van der Waals surface area contributed by atoms with E-state index in [0.29, 0.717) is 25.3 Å². The number of benzene rings is 1. The molecular weight excluding hydrogens is 447 g/mol. The van der Waals surface area contributed by atoms with Gasteiger partial charge in [0.05, 0.1) is 5.56 Å². The van der Waals surface area contributed by atoms with Crippen molar-refractivity contribution in [3.63, 3.8) is 0 Å². The van der Waals surface area contributed by atoms with Crippen LogP contribution in [0.3, 0.4) is 0 Å². The fourth-order valence-corrected chi connectivity index (χ4v) is 5.54. The number of hydrogen-bond acceptors (Lipinski definition) is 3. The second-order valence-corrected chi connectivity index (χ2v) is 10.6. The van der Waals surface area contributed by atoms with Crippen LogP contribution in [-0.4, -0.2) is 57.6 Å². The molecule has 34 heavy (non-hydrogen) atoms. The van der Waals surface area contributed by atoms with Crippen LogP contribution in [0.2, 0.25) is 0 Å². The van der Waals surface area contributed by atoms with E-state index in [1.54, 1.807) is 20.8 Å². The summed E-state index contributed by atoms with van der Waals surface area (Å²) in [5.41, 5.74) is -0.518. The van der Waals surface area contributed by atoms with Gasteiger partial charge in [0, 0.05) is 31.2 Å². The molecule has 1 aliphatic heterocycles. The average molecular weight is 484 g/mol. The fourth-order valence-electron chi connectivity index (χ4n) is 5.54. The van der Waals surface area contributed by atoms with E-state index in [0.717, 1.165) is 43.6 Å². The monoisotopic (exact) mass is 483 g/mol. The predicted molar refractivity (Wildman–Crippen MR) is 123 cm³/mol. The first-order valence-electron chi connectivity index (χ1n) is 12.0. The van der Waals surface area contributed by atoms with Gasteiger partial charge < -0.3 is 10.4 Å². The molecule has 2 fully saturated rings. The Bertz CT molecular complexity index is 867. The molecule has 1 aromatic carbocycles. The maximum Gasteiger partial charge on any atom is 0.416 e. The van der Waals surface area contributed by atoms with Gasteiger partial charge in [-0.25, -0.2) is 4.79 Å². The van der Waals surface area contributed by atoms with Gasteiger partial charge in [0.1, 0.15) is 6.04 Å². The quantitative estimate of drug-likeness (QED) is 0.574. The third-order valence-electron chi connectivity index (χ3n) is 7.05. The summed E-state index contributed by atoms with van der Waals surface area (Å²) in [4.78, 5) is 28.7. The lowest BCUT2D eigenvalue weighted by atomic mass is 9.96. The largest absolute Gasteiger partial charge is 0.465 e. The van der Waals surface area contributed by atoms with E-state index in [4.69, 9.17) is 0 Å². The smallest absolute Gasteiger partial charge is 0.416 e. The summed E-state index contributed by atoms with van der Waals surface area (Å²) in [6, 6.07) is 4.52. The summed E-state index contributed by atoms with van der Waals surface area (Å²) in [6.07, 6.45) is -2.47. The van der Waals surface area contributed by atoms with E-state index in [2.05, 4.69) is 10.2 Å². The van der Waals surface area contributed by atoms with Crippen molar-refractivity contribution in [2.24, 2.45) is 11.8 Å². The van der Waals surface area contributed by atoms with E-state index in [9.17, 15) is 27.9 Å². The second kappa shape index (κ2) is 10.1. The normalized spacial score (nSPS) is 24.0. The number of halogens is 3. The number of carbonyl (C=O) groups excluding carboxylic acids is 1. The van der Waals surface area contributed by atoms with E-state index in [1.165, 1.54) is 17.0 Å². The molecule has 0 radical (unpaired) electrons. The number of alkyl halides is 3. The van der Waals surface area contributed by atoms with Crippen molar-refractivity contribution in [1.29, 1.82) is 0 Å². The summed E-state index contributed by atoms with van der Waals surface area (Å²) in [7, 11) is 0. The molecule has 2 amide bonds. The Morgan fingerprint density at radius 3 is 2.32 bits per heavy atom. The number of hydrogen-bond donors (Lipinski definition) is 2. The third-order valence-corrected chi connectivity index (χ3v) is 7.05.